The molecule has 0 aromatic rings. The zero-order chi connectivity index (χ0) is 11.0. The normalized spacial score (nSPS) is 48.9. The van der Waals surface area contributed by atoms with Crippen molar-refractivity contribution < 1.29 is 5.11 Å². The van der Waals surface area contributed by atoms with Crippen molar-refractivity contribution in [3.8, 4) is 0 Å². The van der Waals surface area contributed by atoms with Gasteiger partial charge in [-0.3, -0.25) is 0 Å². The number of aliphatic hydroxyl groups excluding tert-OH is 1. The summed E-state index contributed by atoms with van der Waals surface area (Å²) in [5.41, 5.74) is 0. The first-order chi connectivity index (χ1) is 7.81. The van der Waals surface area contributed by atoms with Gasteiger partial charge >= 0.3 is 0 Å². The molecule has 5 saturated heterocycles. The second-order valence-electron chi connectivity index (χ2n) is 5.95. The number of nitrogens with zero attached hydrogens (tertiary/aromatic N) is 2. The van der Waals surface area contributed by atoms with Gasteiger partial charge in [0.05, 0.1) is 6.10 Å². The Morgan fingerprint density at radius 2 is 1.38 bits per heavy atom. The first kappa shape index (κ1) is 11.0. The topological polar surface area (TPSA) is 26.7 Å². The van der Waals surface area contributed by atoms with Gasteiger partial charge in [0.25, 0.3) is 0 Å². The molecular weight excluding hydrogens is 200 g/mol. The third-order valence-corrected chi connectivity index (χ3v) is 4.86. The lowest BCUT2D eigenvalue weighted by Gasteiger charge is -2.38. The van der Waals surface area contributed by atoms with Crippen molar-refractivity contribution in [1.29, 1.82) is 0 Å². The van der Waals surface area contributed by atoms with Gasteiger partial charge in [-0.1, -0.05) is 0 Å². The number of hydrogen-bond donors (Lipinski definition) is 1. The maximum atomic E-state index is 9.18. The molecule has 92 valence electrons. The van der Waals surface area contributed by atoms with Gasteiger partial charge in [-0.2, -0.15) is 0 Å². The van der Waals surface area contributed by atoms with Crippen LogP contribution in [0.2, 0.25) is 0 Å². The predicted molar refractivity (Wildman–Crippen MR) is 64.3 cm³/mol. The van der Waals surface area contributed by atoms with Crippen LogP contribution >= 0.6 is 0 Å². The van der Waals surface area contributed by atoms with Crippen molar-refractivity contribution in [2.24, 2.45) is 11.8 Å². The second-order valence-corrected chi connectivity index (χ2v) is 5.95. The van der Waals surface area contributed by atoms with E-state index in [1.54, 1.807) is 0 Å². The van der Waals surface area contributed by atoms with E-state index in [2.05, 4.69) is 9.80 Å². The van der Waals surface area contributed by atoms with E-state index in [4.69, 9.17) is 0 Å². The fourth-order valence-electron chi connectivity index (χ4n) is 3.62. The summed E-state index contributed by atoms with van der Waals surface area (Å²) in [5, 5.41) is 9.18. The predicted octanol–water partition coefficient (Wildman–Crippen LogP) is 0.785. The quantitative estimate of drug-likeness (QED) is 0.659. The van der Waals surface area contributed by atoms with E-state index in [0.29, 0.717) is 5.92 Å². The summed E-state index contributed by atoms with van der Waals surface area (Å²) in [6, 6.07) is 0. The summed E-state index contributed by atoms with van der Waals surface area (Å²) in [6.07, 6.45) is 5.69. The van der Waals surface area contributed by atoms with Gasteiger partial charge in [-0.15, -0.1) is 0 Å². The molecule has 0 spiro atoms. The van der Waals surface area contributed by atoms with E-state index < -0.39 is 0 Å². The van der Waals surface area contributed by atoms with Crippen LogP contribution in [0.1, 0.15) is 25.7 Å². The van der Waals surface area contributed by atoms with E-state index in [1.165, 1.54) is 51.9 Å². The Balaban J connectivity index is 0.000000101. The van der Waals surface area contributed by atoms with Crippen LogP contribution in [-0.4, -0.2) is 60.3 Å². The van der Waals surface area contributed by atoms with Gasteiger partial charge < -0.3 is 14.9 Å². The highest BCUT2D eigenvalue weighted by atomic mass is 16.3. The van der Waals surface area contributed by atoms with Gasteiger partial charge in [0.2, 0.25) is 0 Å². The molecule has 5 aliphatic heterocycles. The van der Waals surface area contributed by atoms with Gasteiger partial charge in [0, 0.05) is 19.0 Å². The zero-order valence-corrected chi connectivity index (χ0v) is 10.1. The van der Waals surface area contributed by atoms with Crippen molar-refractivity contribution in [2.75, 3.05) is 39.3 Å². The smallest absolute Gasteiger partial charge is 0.0707 e. The van der Waals surface area contributed by atoms with Crippen LogP contribution in [0.4, 0.5) is 0 Å². The Bertz CT molecular complexity index is 213. The SMILES string of the molecule is C1CN2CCC1CC2.OC1CN2CCC1C2. The van der Waals surface area contributed by atoms with Crippen molar-refractivity contribution in [1.82, 2.24) is 9.80 Å². The third kappa shape index (κ3) is 2.27. The van der Waals surface area contributed by atoms with Crippen LogP contribution in [0.15, 0.2) is 0 Å². The largest absolute Gasteiger partial charge is 0.391 e. The molecule has 3 unspecified atom stereocenters. The molecule has 3 heteroatoms. The van der Waals surface area contributed by atoms with Crippen molar-refractivity contribution in [2.45, 2.75) is 31.8 Å². The molecule has 0 amide bonds. The Hall–Kier alpha value is -0.120. The van der Waals surface area contributed by atoms with Gasteiger partial charge in [-0.05, 0) is 57.8 Å². The summed E-state index contributed by atoms with van der Waals surface area (Å²) < 4.78 is 0. The molecule has 5 aliphatic rings. The summed E-state index contributed by atoms with van der Waals surface area (Å²) in [4.78, 5) is 4.91. The number of hydrogen-bond acceptors (Lipinski definition) is 3. The maximum Gasteiger partial charge on any atom is 0.0707 e. The van der Waals surface area contributed by atoms with Gasteiger partial charge in [0.1, 0.15) is 0 Å². The summed E-state index contributed by atoms with van der Waals surface area (Å²) in [5.74, 6) is 1.73. The van der Waals surface area contributed by atoms with E-state index in [1.807, 2.05) is 0 Å². The Kier molecular flexibility index (Phi) is 3.18. The molecular formula is C13H24N2O. The van der Waals surface area contributed by atoms with Crippen LogP contribution < -0.4 is 0 Å². The molecule has 0 radical (unpaired) electrons. The molecule has 3 nitrogen and oxygen atoms in total. The van der Waals surface area contributed by atoms with Gasteiger partial charge in [0.15, 0.2) is 0 Å². The molecule has 0 saturated carbocycles. The highest BCUT2D eigenvalue weighted by Gasteiger charge is 2.36. The van der Waals surface area contributed by atoms with Crippen LogP contribution in [0.25, 0.3) is 0 Å². The molecule has 4 bridgehead atoms. The molecule has 1 N–H and O–H groups in total. The lowest BCUT2D eigenvalue weighted by molar-refractivity contribution is 0.111. The van der Waals surface area contributed by atoms with Crippen LogP contribution in [0.5, 0.6) is 0 Å². The minimum absolute atomic E-state index is 0.00347. The summed E-state index contributed by atoms with van der Waals surface area (Å²) in [6.45, 7) is 7.49. The third-order valence-electron chi connectivity index (χ3n) is 4.86. The molecule has 0 aromatic carbocycles. The summed E-state index contributed by atoms with van der Waals surface area (Å²) >= 11 is 0. The number of rotatable bonds is 0. The standard InChI is InChI=1S/C7H13N.C6H11NO/c1-4-8-5-2-7(1)3-6-8;8-6-4-7-2-1-5(6)3-7/h7H,1-6H2;5-6,8H,1-4H2. The maximum absolute atomic E-state index is 9.18. The van der Waals surface area contributed by atoms with E-state index in [9.17, 15) is 5.11 Å². The van der Waals surface area contributed by atoms with Crippen molar-refractivity contribution in [3.63, 3.8) is 0 Å². The van der Waals surface area contributed by atoms with E-state index in [-0.39, 0.29) is 6.10 Å². The highest BCUT2D eigenvalue weighted by Crippen LogP contribution is 2.27. The second kappa shape index (κ2) is 4.63. The average molecular weight is 224 g/mol. The lowest BCUT2D eigenvalue weighted by atomic mass is 9.89. The van der Waals surface area contributed by atoms with E-state index in [0.717, 1.165) is 19.0 Å². The summed E-state index contributed by atoms with van der Waals surface area (Å²) in [7, 11) is 0. The Morgan fingerprint density at radius 3 is 1.56 bits per heavy atom. The van der Waals surface area contributed by atoms with Crippen molar-refractivity contribution in [3.05, 3.63) is 0 Å². The molecule has 0 aliphatic carbocycles. The monoisotopic (exact) mass is 224 g/mol. The zero-order valence-electron chi connectivity index (χ0n) is 10.1. The first-order valence-corrected chi connectivity index (χ1v) is 6.94. The number of piperidine rings is 4. The minimum atomic E-state index is 0.00347. The molecule has 5 heterocycles. The van der Waals surface area contributed by atoms with Crippen LogP contribution in [-0.2, 0) is 0 Å². The fraction of sp³-hybridized carbons (Fsp3) is 1.00. The molecule has 3 atom stereocenters. The average Bonchev–Trinajstić information content (AvgIpc) is 2.94. The lowest BCUT2D eigenvalue weighted by Crippen LogP contribution is -2.41. The Labute approximate surface area is 98.4 Å². The molecule has 5 fully saturated rings. The van der Waals surface area contributed by atoms with E-state index >= 15 is 0 Å². The Morgan fingerprint density at radius 1 is 0.750 bits per heavy atom. The molecule has 16 heavy (non-hydrogen) atoms. The number of aliphatic hydroxyl groups is 1. The van der Waals surface area contributed by atoms with Crippen LogP contribution in [0.3, 0.4) is 0 Å². The number of fused-ring (bicyclic) bond motifs is 5. The molecule has 0 aromatic heterocycles. The minimum Gasteiger partial charge on any atom is -0.391 e. The highest BCUT2D eigenvalue weighted by molar-refractivity contribution is 4.89. The van der Waals surface area contributed by atoms with Gasteiger partial charge in [-0.25, -0.2) is 0 Å². The fourth-order valence-corrected chi connectivity index (χ4v) is 3.62. The van der Waals surface area contributed by atoms with Crippen LogP contribution in [0, 0.1) is 11.8 Å². The molecule has 5 rings (SSSR count). The first-order valence-electron chi connectivity index (χ1n) is 6.94. The van der Waals surface area contributed by atoms with Crippen molar-refractivity contribution >= 4 is 0 Å².